The molecule has 6 heteroatoms. The van der Waals surface area contributed by atoms with Crippen LogP contribution in [-0.2, 0) is 4.79 Å². The number of amides is 3. The lowest BCUT2D eigenvalue weighted by molar-refractivity contribution is -0.118. The third-order valence-electron chi connectivity index (χ3n) is 3.91. The number of carbonyl (C=O) groups excluding carboxylic acids is 2. The first-order valence-corrected chi connectivity index (χ1v) is 8.98. The fourth-order valence-electron chi connectivity index (χ4n) is 2.70. The van der Waals surface area contributed by atoms with E-state index in [1.54, 1.807) is 16.7 Å². The zero-order chi connectivity index (χ0) is 16.9. The normalized spacial score (nSPS) is 17.0. The first-order chi connectivity index (χ1) is 11.7. The Labute approximate surface area is 145 Å². The van der Waals surface area contributed by atoms with Gasteiger partial charge in [0.1, 0.15) is 6.04 Å². The van der Waals surface area contributed by atoms with Gasteiger partial charge in [-0.25, -0.2) is 4.79 Å². The Morgan fingerprint density at radius 1 is 1.17 bits per heavy atom. The van der Waals surface area contributed by atoms with Gasteiger partial charge in [-0.15, -0.1) is 11.8 Å². The average Bonchev–Trinajstić information content (AvgIpc) is 2.96. The molecule has 0 aliphatic carbocycles. The van der Waals surface area contributed by atoms with Gasteiger partial charge in [-0.2, -0.15) is 0 Å². The second kappa shape index (κ2) is 7.40. The molecule has 1 aliphatic rings. The van der Waals surface area contributed by atoms with E-state index in [-0.39, 0.29) is 11.9 Å². The van der Waals surface area contributed by atoms with E-state index in [4.69, 9.17) is 0 Å². The first kappa shape index (κ1) is 16.4. The van der Waals surface area contributed by atoms with E-state index in [9.17, 15) is 9.59 Å². The van der Waals surface area contributed by atoms with Gasteiger partial charge in [-0.3, -0.25) is 4.79 Å². The van der Waals surface area contributed by atoms with Crippen molar-refractivity contribution in [3.8, 4) is 0 Å². The highest BCUT2D eigenvalue weighted by atomic mass is 32.2. The van der Waals surface area contributed by atoms with Crippen LogP contribution in [0.4, 0.5) is 16.2 Å². The molecule has 1 fully saturated rings. The summed E-state index contributed by atoms with van der Waals surface area (Å²) in [5.74, 6) is -0.0748. The van der Waals surface area contributed by atoms with Gasteiger partial charge >= 0.3 is 6.03 Å². The zero-order valence-corrected chi connectivity index (χ0v) is 14.2. The smallest absolute Gasteiger partial charge is 0.319 e. The number of hydrogen-bond acceptors (Lipinski definition) is 3. The standard InChI is InChI=1S/C18H19N3O2S/c1-24-15-9-5-6-13(12-15)19-18(23)20-16-10-11-21(17(16)22)14-7-3-2-4-8-14/h2-9,12,16H,10-11H2,1H3,(H2,19,20,23)/t16-/m1/s1. The summed E-state index contributed by atoms with van der Waals surface area (Å²) in [6.07, 6.45) is 2.58. The zero-order valence-electron chi connectivity index (χ0n) is 13.4. The van der Waals surface area contributed by atoms with Crippen molar-refractivity contribution in [2.24, 2.45) is 0 Å². The summed E-state index contributed by atoms with van der Waals surface area (Å²) in [7, 11) is 0. The van der Waals surface area contributed by atoms with Crippen molar-refractivity contribution in [2.45, 2.75) is 17.4 Å². The second-order valence-corrected chi connectivity index (χ2v) is 6.38. The maximum Gasteiger partial charge on any atom is 0.319 e. The molecular weight excluding hydrogens is 322 g/mol. The van der Waals surface area contributed by atoms with Crippen LogP contribution in [0, 0.1) is 0 Å². The molecule has 1 atom stereocenters. The molecule has 0 bridgehead atoms. The third kappa shape index (κ3) is 3.71. The third-order valence-corrected chi connectivity index (χ3v) is 4.63. The van der Waals surface area contributed by atoms with Crippen LogP contribution in [0.5, 0.6) is 0 Å². The Kier molecular flexibility index (Phi) is 5.05. The van der Waals surface area contributed by atoms with E-state index in [0.29, 0.717) is 18.7 Å². The molecule has 0 radical (unpaired) electrons. The number of nitrogens with one attached hydrogen (secondary N) is 2. The lowest BCUT2D eigenvalue weighted by atomic mass is 10.2. The number of thioether (sulfide) groups is 1. The Morgan fingerprint density at radius 2 is 1.96 bits per heavy atom. The van der Waals surface area contributed by atoms with Crippen molar-refractivity contribution >= 4 is 35.1 Å². The highest BCUT2D eigenvalue weighted by Crippen LogP contribution is 2.22. The SMILES string of the molecule is CSc1cccc(NC(=O)N[C@@H]2CCN(c3ccccc3)C2=O)c1. The predicted molar refractivity (Wildman–Crippen MR) is 97.6 cm³/mol. The van der Waals surface area contributed by atoms with Gasteiger partial charge in [-0.1, -0.05) is 24.3 Å². The van der Waals surface area contributed by atoms with Gasteiger partial charge in [0.2, 0.25) is 5.91 Å². The number of benzene rings is 2. The molecule has 2 N–H and O–H groups in total. The molecule has 3 amide bonds. The van der Waals surface area contributed by atoms with Gasteiger partial charge in [0, 0.05) is 22.8 Å². The summed E-state index contributed by atoms with van der Waals surface area (Å²) in [6, 6.07) is 16.2. The molecule has 1 heterocycles. The second-order valence-electron chi connectivity index (χ2n) is 5.50. The topological polar surface area (TPSA) is 61.4 Å². The largest absolute Gasteiger partial charge is 0.326 e. The van der Waals surface area contributed by atoms with Crippen LogP contribution in [0.15, 0.2) is 59.5 Å². The summed E-state index contributed by atoms with van der Waals surface area (Å²) < 4.78 is 0. The van der Waals surface area contributed by atoms with Crippen LogP contribution in [0.25, 0.3) is 0 Å². The molecule has 0 saturated carbocycles. The minimum atomic E-state index is -0.492. The van der Waals surface area contributed by atoms with E-state index in [2.05, 4.69) is 10.6 Å². The van der Waals surface area contributed by atoms with E-state index < -0.39 is 6.04 Å². The fourth-order valence-corrected chi connectivity index (χ4v) is 3.16. The number of hydrogen-bond donors (Lipinski definition) is 2. The van der Waals surface area contributed by atoms with E-state index >= 15 is 0 Å². The van der Waals surface area contributed by atoms with E-state index in [1.165, 1.54) is 0 Å². The molecule has 2 aromatic carbocycles. The maximum atomic E-state index is 12.5. The summed E-state index contributed by atoms with van der Waals surface area (Å²) in [5.41, 5.74) is 1.57. The molecule has 2 aromatic rings. The number of nitrogens with zero attached hydrogens (tertiary/aromatic N) is 1. The molecule has 124 valence electrons. The number of urea groups is 1. The highest BCUT2D eigenvalue weighted by molar-refractivity contribution is 7.98. The number of anilines is 2. The molecule has 1 saturated heterocycles. The van der Waals surface area contributed by atoms with Crippen LogP contribution in [0.1, 0.15) is 6.42 Å². The first-order valence-electron chi connectivity index (χ1n) is 7.75. The van der Waals surface area contributed by atoms with Gasteiger partial charge in [0.05, 0.1) is 0 Å². The van der Waals surface area contributed by atoms with Gasteiger partial charge in [0.15, 0.2) is 0 Å². The minimum absolute atomic E-state index is 0.0748. The van der Waals surface area contributed by atoms with Crippen molar-refractivity contribution in [1.82, 2.24) is 5.32 Å². The highest BCUT2D eigenvalue weighted by Gasteiger charge is 2.33. The number of carbonyl (C=O) groups is 2. The molecule has 0 spiro atoms. The van der Waals surface area contributed by atoms with Gasteiger partial charge in [-0.05, 0) is 43.0 Å². The summed E-state index contributed by atoms with van der Waals surface area (Å²) >= 11 is 1.61. The van der Waals surface area contributed by atoms with Crippen molar-refractivity contribution in [2.75, 3.05) is 23.0 Å². The van der Waals surface area contributed by atoms with Crippen LogP contribution in [0.2, 0.25) is 0 Å². The molecular formula is C18H19N3O2S. The summed E-state index contributed by atoms with van der Waals surface area (Å²) in [5, 5.41) is 5.55. The molecule has 3 rings (SSSR count). The number of rotatable bonds is 4. The predicted octanol–water partition coefficient (Wildman–Crippen LogP) is 3.34. The Hall–Kier alpha value is -2.47. The molecule has 1 aliphatic heterocycles. The quantitative estimate of drug-likeness (QED) is 0.839. The Morgan fingerprint density at radius 3 is 2.71 bits per heavy atom. The van der Waals surface area contributed by atoms with Crippen LogP contribution < -0.4 is 15.5 Å². The molecule has 5 nitrogen and oxygen atoms in total. The van der Waals surface area contributed by atoms with E-state index in [0.717, 1.165) is 10.6 Å². The molecule has 0 aromatic heterocycles. The maximum absolute atomic E-state index is 12.5. The minimum Gasteiger partial charge on any atom is -0.326 e. The monoisotopic (exact) mass is 341 g/mol. The van der Waals surface area contributed by atoms with Crippen molar-refractivity contribution in [1.29, 1.82) is 0 Å². The lowest BCUT2D eigenvalue weighted by Crippen LogP contribution is -2.43. The summed E-state index contributed by atoms with van der Waals surface area (Å²) in [4.78, 5) is 27.4. The van der Waals surface area contributed by atoms with Gasteiger partial charge < -0.3 is 15.5 Å². The fraction of sp³-hybridized carbons (Fsp3) is 0.222. The average molecular weight is 341 g/mol. The van der Waals surface area contributed by atoms with Crippen LogP contribution >= 0.6 is 11.8 Å². The van der Waals surface area contributed by atoms with E-state index in [1.807, 2.05) is 60.9 Å². The van der Waals surface area contributed by atoms with Crippen molar-refractivity contribution < 1.29 is 9.59 Å². The Bertz CT molecular complexity index is 736. The Balaban J connectivity index is 1.60. The molecule has 24 heavy (non-hydrogen) atoms. The van der Waals surface area contributed by atoms with Gasteiger partial charge in [0.25, 0.3) is 0 Å². The molecule has 0 unspecified atom stereocenters. The number of para-hydroxylation sites is 1. The van der Waals surface area contributed by atoms with Crippen LogP contribution in [0.3, 0.4) is 0 Å². The lowest BCUT2D eigenvalue weighted by Gasteiger charge is -2.17. The van der Waals surface area contributed by atoms with Crippen molar-refractivity contribution in [3.63, 3.8) is 0 Å². The van der Waals surface area contributed by atoms with Crippen molar-refractivity contribution in [3.05, 3.63) is 54.6 Å². The van der Waals surface area contributed by atoms with Crippen LogP contribution in [-0.4, -0.2) is 30.8 Å². The summed E-state index contributed by atoms with van der Waals surface area (Å²) in [6.45, 7) is 0.607.